The van der Waals surface area contributed by atoms with Gasteiger partial charge in [-0.25, -0.2) is 9.37 Å². The summed E-state index contributed by atoms with van der Waals surface area (Å²) in [4.78, 5) is 17.0. The van der Waals surface area contributed by atoms with E-state index in [4.69, 9.17) is 0 Å². The van der Waals surface area contributed by atoms with Gasteiger partial charge in [0.2, 0.25) is 0 Å². The lowest BCUT2D eigenvalue weighted by molar-refractivity contribution is 0.0967. The maximum atomic E-state index is 13.7. The van der Waals surface area contributed by atoms with Gasteiger partial charge in [-0.3, -0.25) is 4.79 Å². The second-order valence-corrected chi connectivity index (χ2v) is 6.57. The Hall–Kier alpha value is -1.07. The maximum absolute atomic E-state index is 13.7. The highest BCUT2D eigenvalue weighted by molar-refractivity contribution is 9.11. The molecule has 1 heterocycles. The molecule has 0 saturated heterocycles. The molecule has 0 bridgehead atoms. The van der Waals surface area contributed by atoms with Crippen molar-refractivity contribution in [1.82, 2.24) is 4.98 Å². The molecular weight excluding hydrogens is 317 g/mol. The lowest BCUT2D eigenvalue weighted by Gasteiger charge is -2.20. The van der Waals surface area contributed by atoms with Gasteiger partial charge >= 0.3 is 0 Å². The zero-order chi connectivity index (χ0) is 12.7. The fourth-order valence-corrected chi connectivity index (χ4v) is 3.80. The molecule has 0 aliphatic heterocycles. The second kappa shape index (κ2) is 4.55. The van der Waals surface area contributed by atoms with Gasteiger partial charge in [-0.1, -0.05) is 18.2 Å². The van der Waals surface area contributed by atoms with E-state index >= 15 is 0 Å². The first-order chi connectivity index (χ1) is 8.65. The molecule has 1 aliphatic carbocycles. The molecule has 1 aromatic carbocycles. The summed E-state index contributed by atoms with van der Waals surface area (Å²) in [5.41, 5.74) is 1.40. The van der Waals surface area contributed by atoms with Crippen molar-refractivity contribution in [2.24, 2.45) is 0 Å². The van der Waals surface area contributed by atoms with Crippen molar-refractivity contribution in [2.45, 2.75) is 18.8 Å². The van der Waals surface area contributed by atoms with E-state index in [9.17, 15) is 9.18 Å². The summed E-state index contributed by atoms with van der Waals surface area (Å²) < 4.78 is 14.5. The monoisotopic (exact) mass is 325 g/mol. The number of thiazole rings is 1. The molecule has 1 atom stereocenters. The van der Waals surface area contributed by atoms with Crippen molar-refractivity contribution in [3.63, 3.8) is 0 Å². The first-order valence-electron chi connectivity index (χ1n) is 5.58. The van der Waals surface area contributed by atoms with E-state index in [1.54, 1.807) is 18.2 Å². The van der Waals surface area contributed by atoms with Gasteiger partial charge in [-0.2, -0.15) is 0 Å². The van der Waals surface area contributed by atoms with Gasteiger partial charge in [0.15, 0.2) is 9.70 Å². The van der Waals surface area contributed by atoms with Gasteiger partial charge in [0, 0.05) is 6.42 Å². The van der Waals surface area contributed by atoms with Crippen LogP contribution in [0.5, 0.6) is 0 Å². The Morgan fingerprint density at radius 3 is 2.89 bits per heavy atom. The van der Waals surface area contributed by atoms with E-state index in [2.05, 4.69) is 20.9 Å². The minimum Gasteiger partial charge on any atom is -0.293 e. The Morgan fingerprint density at radius 1 is 1.33 bits per heavy atom. The van der Waals surface area contributed by atoms with Crippen molar-refractivity contribution >= 4 is 33.0 Å². The number of carbonyl (C=O) groups is 1. The maximum Gasteiger partial charge on any atom is 0.175 e. The predicted octanol–water partition coefficient (Wildman–Crippen LogP) is 3.96. The van der Waals surface area contributed by atoms with Crippen molar-refractivity contribution < 1.29 is 9.18 Å². The van der Waals surface area contributed by atoms with Crippen LogP contribution < -0.4 is 0 Å². The summed E-state index contributed by atoms with van der Waals surface area (Å²) in [6.07, 6.45) is 0.993. The molecule has 5 heteroatoms. The predicted molar refractivity (Wildman–Crippen MR) is 71.6 cm³/mol. The van der Waals surface area contributed by atoms with Crippen LogP contribution in [0.3, 0.4) is 0 Å². The van der Waals surface area contributed by atoms with Crippen molar-refractivity contribution in [1.29, 1.82) is 0 Å². The van der Waals surface area contributed by atoms with E-state index in [0.29, 0.717) is 18.4 Å². The zero-order valence-corrected chi connectivity index (χ0v) is 11.7. The number of hydrogen-bond donors (Lipinski definition) is 0. The number of Topliss-reactive ketones (excluding diaryl/α,β-unsaturated/α-hetero) is 1. The number of hydrogen-bond acceptors (Lipinski definition) is 3. The van der Waals surface area contributed by atoms with Crippen LogP contribution in [0.2, 0.25) is 0 Å². The molecule has 0 radical (unpaired) electrons. The number of halogens is 2. The summed E-state index contributed by atoms with van der Waals surface area (Å²) >= 11 is 4.65. The van der Waals surface area contributed by atoms with Crippen LogP contribution in [0.15, 0.2) is 28.2 Å². The third-order valence-electron chi connectivity index (χ3n) is 3.14. The summed E-state index contributed by atoms with van der Waals surface area (Å²) in [5, 5.41) is 0. The van der Waals surface area contributed by atoms with Crippen molar-refractivity contribution in [2.75, 3.05) is 0 Å². The summed E-state index contributed by atoms with van der Waals surface area (Å²) in [6, 6.07) is 6.65. The number of nitrogens with zero attached hydrogens (tertiary/aromatic N) is 1. The summed E-state index contributed by atoms with van der Waals surface area (Å²) in [6.45, 7) is 0. The lowest BCUT2D eigenvalue weighted by atomic mass is 9.84. The summed E-state index contributed by atoms with van der Waals surface area (Å²) in [5.74, 6) is -0.277. The minimum absolute atomic E-state index is 0.0627. The average molecular weight is 326 g/mol. The topological polar surface area (TPSA) is 30.0 Å². The Bertz CT molecular complexity index is 625. The van der Waals surface area contributed by atoms with Crippen LogP contribution in [-0.2, 0) is 6.42 Å². The van der Waals surface area contributed by atoms with E-state index in [0.717, 1.165) is 14.5 Å². The molecule has 0 fully saturated rings. The fourth-order valence-electron chi connectivity index (χ4n) is 2.33. The molecule has 1 aromatic heterocycles. The van der Waals surface area contributed by atoms with Crippen LogP contribution >= 0.6 is 27.3 Å². The SMILES string of the molecule is O=C1C[C@@H](c2ccccc2F)Cc2nc(Br)sc21. The Balaban J connectivity index is 1.99. The van der Waals surface area contributed by atoms with E-state index in [1.165, 1.54) is 17.4 Å². The first kappa shape index (κ1) is 12.0. The first-order valence-corrected chi connectivity index (χ1v) is 7.19. The van der Waals surface area contributed by atoms with Crippen LogP contribution in [0.25, 0.3) is 0 Å². The molecular formula is C13H9BrFNOS. The quantitative estimate of drug-likeness (QED) is 0.794. The number of benzene rings is 1. The molecule has 0 N–H and O–H groups in total. The number of ketones is 1. The third-order valence-corrected chi connectivity index (χ3v) is 4.73. The number of aromatic nitrogens is 1. The number of fused-ring (bicyclic) bond motifs is 1. The van der Waals surface area contributed by atoms with Gasteiger partial charge in [0.1, 0.15) is 5.82 Å². The highest BCUT2D eigenvalue weighted by Crippen LogP contribution is 2.37. The number of carbonyl (C=O) groups excluding carboxylic acids is 1. The van der Waals surface area contributed by atoms with E-state index in [-0.39, 0.29) is 17.5 Å². The van der Waals surface area contributed by atoms with Crippen LogP contribution in [0.1, 0.15) is 33.3 Å². The molecule has 3 rings (SSSR count). The molecule has 18 heavy (non-hydrogen) atoms. The van der Waals surface area contributed by atoms with Gasteiger partial charge in [0.05, 0.1) is 10.6 Å². The smallest absolute Gasteiger partial charge is 0.175 e. The largest absolute Gasteiger partial charge is 0.293 e. The molecule has 1 aliphatic rings. The fraction of sp³-hybridized carbons (Fsp3) is 0.231. The normalized spacial score (nSPS) is 18.8. The molecule has 0 saturated carbocycles. The van der Waals surface area contributed by atoms with E-state index in [1.807, 2.05) is 0 Å². The van der Waals surface area contributed by atoms with Gasteiger partial charge in [-0.15, -0.1) is 11.3 Å². The molecule has 2 nitrogen and oxygen atoms in total. The van der Waals surface area contributed by atoms with E-state index < -0.39 is 0 Å². The van der Waals surface area contributed by atoms with Crippen molar-refractivity contribution in [3.05, 3.63) is 50.1 Å². The van der Waals surface area contributed by atoms with Crippen LogP contribution in [-0.4, -0.2) is 10.8 Å². The zero-order valence-electron chi connectivity index (χ0n) is 9.32. The Labute approximate surface area is 116 Å². The third kappa shape index (κ3) is 2.01. The van der Waals surface area contributed by atoms with Crippen LogP contribution in [0.4, 0.5) is 4.39 Å². The minimum atomic E-state index is -0.243. The second-order valence-electron chi connectivity index (χ2n) is 4.29. The molecule has 0 amide bonds. The van der Waals surface area contributed by atoms with Crippen molar-refractivity contribution in [3.8, 4) is 0 Å². The van der Waals surface area contributed by atoms with Crippen LogP contribution in [0, 0.1) is 5.82 Å². The van der Waals surface area contributed by atoms with Gasteiger partial charge < -0.3 is 0 Å². The summed E-state index contributed by atoms with van der Waals surface area (Å²) in [7, 11) is 0. The average Bonchev–Trinajstić information content (AvgIpc) is 2.71. The standard InChI is InChI=1S/C13H9BrFNOS/c14-13-16-10-5-7(6-11(17)12(10)18-13)8-3-1-2-4-9(8)15/h1-4,7H,5-6H2/t7-/m0/s1. The molecule has 0 spiro atoms. The Morgan fingerprint density at radius 2 is 2.11 bits per heavy atom. The Kier molecular flexibility index (Phi) is 3.03. The highest BCUT2D eigenvalue weighted by atomic mass is 79.9. The molecule has 0 unspecified atom stereocenters. The molecule has 92 valence electrons. The molecule has 2 aromatic rings. The van der Waals surface area contributed by atoms with Gasteiger partial charge in [-0.05, 0) is 39.9 Å². The van der Waals surface area contributed by atoms with Gasteiger partial charge in [0.25, 0.3) is 0 Å². The number of rotatable bonds is 1. The highest BCUT2D eigenvalue weighted by Gasteiger charge is 2.30. The lowest BCUT2D eigenvalue weighted by Crippen LogP contribution is -2.18.